The van der Waals surface area contributed by atoms with Crippen LogP contribution in [0.4, 0.5) is 0 Å². The summed E-state index contributed by atoms with van der Waals surface area (Å²) in [7, 11) is 0. The minimum absolute atomic E-state index is 0.522. The van der Waals surface area contributed by atoms with Gasteiger partial charge in [0.2, 0.25) is 0 Å². The number of benzene rings is 1. The molecule has 0 unspecified atom stereocenters. The molecule has 0 aliphatic carbocycles. The number of aromatic nitrogens is 2. The summed E-state index contributed by atoms with van der Waals surface area (Å²) in [4.78, 5) is 0. The molecule has 0 bridgehead atoms. The van der Waals surface area contributed by atoms with Gasteiger partial charge in [0, 0.05) is 11.9 Å². The minimum atomic E-state index is 0.522. The fourth-order valence-corrected chi connectivity index (χ4v) is 1.92. The first-order valence-corrected chi connectivity index (χ1v) is 5.95. The standard InChI is InChI=1S/C14H17N3/c1-3-9-15-11-13-12-7-5-6-8-14(12)17(16-13)10-4-2/h2,5-8,15H,3,9-11H2,1H3. The van der Waals surface area contributed by atoms with Crippen molar-refractivity contribution in [2.45, 2.75) is 26.4 Å². The Morgan fingerprint density at radius 2 is 2.24 bits per heavy atom. The van der Waals surface area contributed by atoms with Crippen molar-refractivity contribution in [3.05, 3.63) is 30.0 Å². The molecule has 0 spiro atoms. The first kappa shape index (κ1) is 11.7. The lowest BCUT2D eigenvalue weighted by atomic mass is 10.2. The van der Waals surface area contributed by atoms with E-state index >= 15 is 0 Å². The maximum Gasteiger partial charge on any atom is 0.102 e. The zero-order valence-corrected chi connectivity index (χ0v) is 10.1. The van der Waals surface area contributed by atoms with Crippen molar-refractivity contribution in [1.82, 2.24) is 15.1 Å². The molecule has 0 aliphatic heterocycles. The Morgan fingerprint density at radius 3 is 3.00 bits per heavy atom. The predicted octanol–water partition coefficient (Wildman–Crippen LogP) is 2.17. The molecule has 0 fully saturated rings. The van der Waals surface area contributed by atoms with Gasteiger partial charge in [-0.2, -0.15) is 5.10 Å². The van der Waals surface area contributed by atoms with E-state index in [-0.39, 0.29) is 0 Å². The fourth-order valence-electron chi connectivity index (χ4n) is 1.92. The van der Waals surface area contributed by atoms with Crippen LogP contribution in [0, 0.1) is 12.3 Å². The summed E-state index contributed by atoms with van der Waals surface area (Å²) in [5.74, 6) is 2.64. The quantitative estimate of drug-likeness (QED) is 0.626. The second kappa shape index (κ2) is 5.51. The van der Waals surface area contributed by atoms with Crippen molar-refractivity contribution >= 4 is 10.9 Å². The molecule has 1 aromatic carbocycles. The molecule has 3 heteroatoms. The molecule has 17 heavy (non-hydrogen) atoms. The summed E-state index contributed by atoms with van der Waals surface area (Å²) >= 11 is 0. The number of nitrogens with one attached hydrogen (secondary N) is 1. The summed E-state index contributed by atoms with van der Waals surface area (Å²) < 4.78 is 1.89. The van der Waals surface area contributed by atoms with Gasteiger partial charge in [-0.05, 0) is 19.0 Å². The van der Waals surface area contributed by atoms with Gasteiger partial charge in [-0.15, -0.1) is 6.42 Å². The second-order valence-electron chi connectivity index (χ2n) is 4.00. The van der Waals surface area contributed by atoms with E-state index in [4.69, 9.17) is 6.42 Å². The molecule has 0 radical (unpaired) electrons. The van der Waals surface area contributed by atoms with Gasteiger partial charge in [0.15, 0.2) is 0 Å². The summed E-state index contributed by atoms with van der Waals surface area (Å²) in [5, 5.41) is 9.12. The van der Waals surface area contributed by atoms with Crippen molar-refractivity contribution < 1.29 is 0 Å². The van der Waals surface area contributed by atoms with Crippen LogP contribution in [0.3, 0.4) is 0 Å². The molecule has 0 saturated heterocycles. The molecule has 1 heterocycles. The van der Waals surface area contributed by atoms with E-state index in [0.29, 0.717) is 6.54 Å². The normalized spacial score (nSPS) is 10.6. The highest BCUT2D eigenvalue weighted by molar-refractivity contribution is 5.81. The molecular weight excluding hydrogens is 210 g/mol. The number of hydrogen-bond donors (Lipinski definition) is 1. The smallest absolute Gasteiger partial charge is 0.102 e. The van der Waals surface area contributed by atoms with E-state index in [2.05, 4.69) is 35.4 Å². The number of terminal acetylenes is 1. The first-order chi connectivity index (χ1) is 8.36. The van der Waals surface area contributed by atoms with E-state index in [0.717, 1.165) is 30.7 Å². The Bertz CT molecular complexity index is 534. The van der Waals surface area contributed by atoms with Crippen molar-refractivity contribution in [3.8, 4) is 12.3 Å². The highest BCUT2D eigenvalue weighted by Gasteiger charge is 2.08. The van der Waals surface area contributed by atoms with Crippen LogP contribution >= 0.6 is 0 Å². The van der Waals surface area contributed by atoms with Gasteiger partial charge in [-0.3, -0.25) is 4.68 Å². The molecule has 88 valence electrons. The van der Waals surface area contributed by atoms with E-state index in [1.807, 2.05) is 16.8 Å². The average Bonchev–Trinajstić information content (AvgIpc) is 2.70. The largest absolute Gasteiger partial charge is 0.311 e. The van der Waals surface area contributed by atoms with Gasteiger partial charge in [0.1, 0.15) is 6.54 Å². The highest BCUT2D eigenvalue weighted by Crippen LogP contribution is 2.18. The van der Waals surface area contributed by atoms with E-state index < -0.39 is 0 Å². The Kier molecular flexibility index (Phi) is 3.79. The molecule has 0 amide bonds. The Labute approximate surface area is 102 Å². The van der Waals surface area contributed by atoms with Crippen molar-refractivity contribution in [1.29, 1.82) is 0 Å². The molecular formula is C14H17N3. The van der Waals surface area contributed by atoms with Crippen LogP contribution in [-0.4, -0.2) is 16.3 Å². The summed E-state index contributed by atoms with van der Waals surface area (Å²) in [5.41, 5.74) is 2.18. The van der Waals surface area contributed by atoms with Crippen molar-refractivity contribution in [2.75, 3.05) is 6.54 Å². The molecule has 0 aliphatic rings. The van der Waals surface area contributed by atoms with Crippen LogP contribution in [0.15, 0.2) is 24.3 Å². The Balaban J connectivity index is 2.32. The fraction of sp³-hybridized carbons (Fsp3) is 0.357. The second-order valence-corrected chi connectivity index (χ2v) is 4.00. The summed E-state index contributed by atoms with van der Waals surface area (Å²) in [6.45, 7) is 4.48. The lowest BCUT2D eigenvalue weighted by Crippen LogP contribution is -2.14. The molecule has 0 atom stereocenters. The monoisotopic (exact) mass is 227 g/mol. The van der Waals surface area contributed by atoms with Crippen LogP contribution in [-0.2, 0) is 13.1 Å². The van der Waals surface area contributed by atoms with Crippen LogP contribution < -0.4 is 5.32 Å². The van der Waals surface area contributed by atoms with Gasteiger partial charge < -0.3 is 5.32 Å². The lowest BCUT2D eigenvalue weighted by molar-refractivity contribution is 0.643. The molecule has 0 saturated carbocycles. The third-order valence-corrected chi connectivity index (χ3v) is 2.69. The van der Waals surface area contributed by atoms with E-state index in [9.17, 15) is 0 Å². The van der Waals surface area contributed by atoms with Crippen LogP contribution in [0.1, 0.15) is 19.0 Å². The maximum atomic E-state index is 5.36. The van der Waals surface area contributed by atoms with Gasteiger partial charge in [0.05, 0.1) is 11.2 Å². The van der Waals surface area contributed by atoms with E-state index in [1.165, 1.54) is 5.39 Å². The number of fused-ring (bicyclic) bond motifs is 1. The molecule has 3 nitrogen and oxygen atoms in total. The number of nitrogens with zero attached hydrogens (tertiary/aromatic N) is 2. The van der Waals surface area contributed by atoms with Gasteiger partial charge >= 0.3 is 0 Å². The van der Waals surface area contributed by atoms with Gasteiger partial charge in [0.25, 0.3) is 0 Å². The molecule has 1 N–H and O–H groups in total. The number of hydrogen-bond acceptors (Lipinski definition) is 2. The maximum absolute atomic E-state index is 5.36. The lowest BCUT2D eigenvalue weighted by Gasteiger charge is -1.99. The topological polar surface area (TPSA) is 29.9 Å². The third-order valence-electron chi connectivity index (χ3n) is 2.69. The molecule has 1 aromatic heterocycles. The van der Waals surface area contributed by atoms with Crippen LogP contribution in [0.2, 0.25) is 0 Å². The van der Waals surface area contributed by atoms with E-state index in [1.54, 1.807) is 0 Å². The Morgan fingerprint density at radius 1 is 1.41 bits per heavy atom. The zero-order valence-electron chi connectivity index (χ0n) is 10.1. The number of para-hydroxylation sites is 1. The first-order valence-electron chi connectivity index (χ1n) is 5.95. The minimum Gasteiger partial charge on any atom is -0.311 e. The van der Waals surface area contributed by atoms with Crippen molar-refractivity contribution in [3.63, 3.8) is 0 Å². The number of rotatable bonds is 5. The zero-order chi connectivity index (χ0) is 12.1. The van der Waals surface area contributed by atoms with Crippen LogP contribution in [0.5, 0.6) is 0 Å². The third kappa shape index (κ3) is 2.48. The SMILES string of the molecule is C#CCn1nc(CNCCC)c2ccccc21. The van der Waals surface area contributed by atoms with Gasteiger partial charge in [-0.25, -0.2) is 0 Å². The average molecular weight is 227 g/mol. The molecule has 2 aromatic rings. The summed E-state index contributed by atoms with van der Waals surface area (Å²) in [6.07, 6.45) is 6.48. The van der Waals surface area contributed by atoms with Crippen LogP contribution in [0.25, 0.3) is 10.9 Å². The predicted molar refractivity (Wildman–Crippen MR) is 70.6 cm³/mol. The summed E-state index contributed by atoms with van der Waals surface area (Å²) in [6, 6.07) is 8.20. The van der Waals surface area contributed by atoms with Crippen molar-refractivity contribution in [2.24, 2.45) is 0 Å². The Hall–Kier alpha value is -1.79. The molecule has 2 rings (SSSR count). The highest BCUT2D eigenvalue weighted by atomic mass is 15.3. The van der Waals surface area contributed by atoms with Gasteiger partial charge in [-0.1, -0.05) is 31.0 Å².